The van der Waals surface area contributed by atoms with E-state index < -0.39 is 11.7 Å². The molecule has 0 aromatic heterocycles. The first kappa shape index (κ1) is 13.9. The molecule has 0 saturated heterocycles. The van der Waals surface area contributed by atoms with E-state index in [0.717, 1.165) is 12.1 Å². The van der Waals surface area contributed by atoms with Crippen molar-refractivity contribution in [2.45, 2.75) is 26.6 Å². The van der Waals surface area contributed by atoms with Gasteiger partial charge in [-0.05, 0) is 17.7 Å². The van der Waals surface area contributed by atoms with Gasteiger partial charge in [-0.2, -0.15) is 13.2 Å². The van der Waals surface area contributed by atoms with Crippen molar-refractivity contribution in [3.8, 4) is 0 Å². The largest absolute Gasteiger partial charge is 0.416 e. The van der Waals surface area contributed by atoms with Crippen LogP contribution in [0, 0.1) is 0 Å². The Morgan fingerprint density at radius 3 is 1.93 bits per heavy atom. The highest BCUT2D eigenvalue weighted by molar-refractivity contribution is 5.23. The van der Waals surface area contributed by atoms with Crippen LogP contribution in [-0.4, -0.2) is 0 Å². The minimum Gasteiger partial charge on any atom is -0.300 e. The van der Waals surface area contributed by atoms with Crippen LogP contribution >= 0.6 is 0 Å². The molecule has 0 atom stereocenters. The Hall–Kier alpha value is -1.07. The van der Waals surface area contributed by atoms with Gasteiger partial charge >= 0.3 is 6.18 Å². The zero-order valence-corrected chi connectivity index (χ0v) is 8.64. The van der Waals surface area contributed by atoms with Crippen molar-refractivity contribution in [1.29, 1.82) is 0 Å². The average molecular weight is 221 g/mol. The second-order valence-electron chi connectivity index (χ2n) is 2.51. The number of nitrogens with two attached hydrogens (primary N) is 1. The second-order valence-corrected chi connectivity index (χ2v) is 2.51. The van der Waals surface area contributed by atoms with E-state index in [2.05, 4.69) is 4.84 Å². The van der Waals surface area contributed by atoms with E-state index in [-0.39, 0.29) is 6.61 Å². The summed E-state index contributed by atoms with van der Waals surface area (Å²) >= 11 is 0. The Kier molecular flexibility index (Phi) is 5.96. The molecule has 1 aromatic carbocycles. The van der Waals surface area contributed by atoms with Gasteiger partial charge in [-0.15, -0.1) is 0 Å². The average Bonchev–Trinajstić information content (AvgIpc) is 2.21. The van der Waals surface area contributed by atoms with Crippen molar-refractivity contribution >= 4 is 0 Å². The molecule has 15 heavy (non-hydrogen) atoms. The van der Waals surface area contributed by atoms with Gasteiger partial charge in [-0.3, -0.25) is 4.84 Å². The Balaban J connectivity index is 0.000000921. The first-order chi connectivity index (χ1) is 7.04. The topological polar surface area (TPSA) is 35.2 Å². The number of hydrogen-bond donors (Lipinski definition) is 1. The lowest BCUT2D eigenvalue weighted by molar-refractivity contribution is -0.137. The summed E-state index contributed by atoms with van der Waals surface area (Å²) in [5.41, 5.74) is -0.0660. The van der Waals surface area contributed by atoms with Crippen LogP contribution in [0.15, 0.2) is 24.3 Å². The van der Waals surface area contributed by atoms with Gasteiger partial charge in [0.15, 0.2) is 0 Å². The lowest BCUT2D eigenvalue weighted by Gasteiger charge is -2.06. The molecule has 0 spiro atoms. The van der Waals surface area contributed by atoms with Crippen molar-refractivity contribution in [2.24, 2.45) is 5.90 Å². The van der Waals surface area contributed by atoms with Gasteiger partial charge in [-0.25, -0.2) is 5.90 Å². The van der Waals surface area contributed by atoms with Crippen molar-refractivity contribution < 1.29 is 18.0 Å². The second kappa shape index (κ2) is 6.42. The first-order valence-corrected chi connectivity index (χ1v) is 4.52. The fourth-order valence-electron chi connectivity index (χ4n) is 0.886. The first-order valence-electron chi connectivity index (χ1n) is 4.52. The van der Waals surface area contributed by atoms with Gasteiger partial charge in [0.2, 0.25) is 0 Å². The van der Waals surface area contributed by atoms with Crippen LogP contribution in [0.4, 0.5) is 13.2 Å². The maximum atomic E-state index is 12.0. The summed E-state index contributed by atoms with van der Waals surface area (Å²) in [6.07, 6.45) is -4.29. The molecule has 2 N–H and O–H groups in total. The molecule has 0 aliphatic heterocycles. The normalized spacial score (nSPS) is 10.5. The fourth-order valence-corrected chi connectivity index (χ4v) is 0.886. The van der Waals surface area contributed by atoms with Crippen LogP contribution in [0.25, 0.3) is 0 Å². The smallest absolute Gasteiger partial charge is 0.300 e. The molecule has 1 aromatic rings. The highest BCUT2D eigenvalue weighted by Crippen LogP contribution is 2.28. The molecular weight excluding hydrogens is 207 g/mol. The summed E-state index contributed by atoms with van der Waals surface area (Å²) in [5, 5.41) is 0. The van der Waals surface area contributed by atoms with Crippen LogP contribution < -0.4 is 5.90 Å². The summed E-state index contributed by atoms with van der Waals surface area (Å²) in [6, 6.07) is 4.65. The van der Waals surface area contributed by atoms with Crippen LogP contribution in [0.2, 0.25) is 0 Å². The van der Waals surface area contributed by atoms with Gasteiger partial charge in [-0.1, -0.05) is 26.0 Å². The number of rotatable bonds is 2. The van der Waals surface area contributed by atoms with Gasteiger partial charge in [0, 0.05) is 0 Å². The summed E-state index contributed by atoms with van der Waals surface area (Å²) < 4.78 is 36.1. The Labute approximate surface area is 86.8 Å². The van der Waals surface area contributed by atoms with Gasteiger partial charge < -0.3 is 0 Å². The van der Waals surface area contributed by atoms with Crippen LogP contribution in [0.1, 0.15) is 25.0 Å². The zero-order chi connectivity index (χ0) is 11.9. The highest BCUT2D eigenvalue weighted by Gasteiger charge is 2.29. The molecule has 0 fully saturated rings. The zero-order valence-electron chi connectivity index (χ0n) is 8.64. The number of halogens is 3. The molecule has 1 rings (SSSR count). The predicted octanol–water partition coefficient (Wildman–Crippen LogP) is 3.12. The SMILES string of the molecule is CC.NOCc1ccc(C(F)(F)F)cc1. The third-order valence-electron chi connectivity index (χ3n) is 1.53. The van der Waals surface area contributed by atoms with E-state index in [0.29, 0.717) is 5.56 Å². The van der Waals surface area contributed by atoms with Gasteiger partial charge in [0.25, 0.3) is 0 Å². The van der Waals surface area contributed by atoms with Crippen molar-refractivity contribution in [3.63, 3.8) is 0 Å². The Morgan fingerprint density at radius 1 is 1.13 bits per heavy atom. The molecule has 0 amide bonds. The molecule has 0 aliphatic carbocycles. The molecule has 86 valence electrons. The summed E-state index contributed by atoms with van der Waals surface area (Å²) in [4.78, 5) is 4.27. The minimum absolute atomic E-state index is 0.109. The molecule has 0 saturated carbocycles. The minimum atomic E-state index is -4.29. The molecule has 0 radical (unpaired) electrons. The van der Waals surface area contributed by atoms with Crippen LogP contribution in [0.5, 0.6) is 0 Å². The van der Waals surface area contributed by atoms with Gasteiger partial charge in [0.1, 0.15) is 0 Å². The lowest BCUT2D eigenvalue weighted by Crippen LogP contribution is -2.05. The third-order valence-corrected chi connectivity index (χ3v) is 1.53. The molecule has 0 aliphatic rings. The van der Waals surface area contributed by atoms with Crippen molar-refractivity contribution in [1.82, 2.24) is 0 Å². The van der Waals surface area contributed by atoms with Crippen LogP contribution in [0.3, 0.4) is 0 Å². The molecule has 0 unspecified atom stereocenters. The third kappa shape index (κ3) is 4.80. The van der Waals surface area contributed by atoms with Gasteiger partial charge in [0.05, 0.1) is 12.2 Å². The molecular formula is C10H14F3NO. The standard InChI is InChI=1S/C8H8F3NO.C2H6/c9-8(10,11)7-3-1-6(2-4-7)5-13-12;1-2/h1-4H,5,12H2;1-2H3. The monoisotopic (exact) mass is 221 g/mol. The molecule has 0 bridgehead atoms. The maximum absolute atomic E-state index is 12.0. The lowest BCUT2D eigenvalue weighted by atomic mass is 10.1. The summed E-state index contributed by atoms with van der Waals surface area (Å²) in [5.74, 6) is 4.76. The van der Waals surface area contributed by atoms with Crippen LogP contribution in [-0.2, 0) is 17.6 Å². The van der Waals surface area contributed by atoms with E-state index in [1.807, 2.05) is 13.8 Å². The quantitative estimate of drug-likeness (QED) is 0.779. The summed E-state index contributed by atoms with van der Waals surface area (Å²) in [6.45, 7) is 4.11. The molecule has 2 nitrogen and oxygen atoms in total. The number of hydrogen-bond acceptors (Lipinski definition) is 2. The maximum Gasteiger partial charge on any atom is 0.416 e. The summed E-state index contributed by atoms with van der Waals surface area (Å²) in [7, 11) is 0. The Morgan fingerprint density at radius 2 is 1.60 bits per heavy atom. The van der Waals surface area contributed by atoms with Crippen molar-refractivity contribution in [3.05, 3.63) is 35.4 Å². The number of alkyl halides is 3. The van der Waals surface area contributed by atoms with E-state index in [1.165, 1.54) is 12.1 Å². The molecule has 5 heteroatoms. The molecule has 0 heterocycles. The highest BCUT2D eigenvalue weighted by atomic mass is 19.4. The van der Waals surface area contributed by atoms with E-state index in [1.54, 1.807) is 0 Å². The number of benzene rings is 1. The van der Waals surface area contributed by atoms with E-state index in [4.69, 9.17) is 5.90 Å². The van der Waals surface area contributed by atoms with E-state index >= 15 is 0 Å². The fraction of sp³-hybridized carbons (Fsp3) is 0.400. The van der Waals surface area contributed by atoms with Crippen molar-refractivity contribution in [2.75, 3.05) is 0 Å². The Bertz CT molecular complexity index is 269. The predicted molar refractivity (Wildman–Crippen MR) is 51.8 cm³/mol. The van der Waals surface area contributed by atoms with E-state index in [9.17, 15) is 13.2 Å².